The van der Waals surface area contributed by atoms with Crippen molar-refractivity contribution in [2.24, 2.45) is 11.0 Å². The predicted molar refractivity (Wildman–Crippen MR) is 97.2 cm³/mol. The van der Waals surface area contributed by atoms with E-state index in [4.69, 9.17) is 9.47 Å². The lowest BCUT2D eigenvalue weighted by Gasteiger charge is -2.09. The first-order valence-electron chi connectivity index (χ1n) is 8.25. The van der Waals surface area contributed by atoms with Gasteiger partial charge in [-0.2, -0.15) is 5.10 Å². The number of nitrogens with zero attached hydrogens (tertiary/aromatic N) is 1. The summed E-state index contributed by atoms with van der Waals surface area (Å²) in [5.74, 6) is 1.56. The third-order valence-electron chi connectivity index (χ3n) is 4.49. The van der Waals surface area contributed by atoms with Crippen molar-refractivity contribution in [3.63, 3.8) is 0 Å². The molecule has 1 fully saturated rings. The molecule has 1 aliphatic rings. The molecule has 0 aliphatic heterocycles. The number of carbonyl (C=O) groups is 1. The first-order valence-corrected chi connectivity index (χ1v) is 8.25. The Labute approximate surface area is 147 Å². The summed E-state index contributed by atoms with van der Waals surface area (Å²) in [4.78, 5) is 12.3. The van der Waals surface area contributed by atoms with Gasteiger partial charge in [0.25, 0.3) is 0 Å². The Bertz CT molecular complexity index is 787. The van der Waals surface area contributed by atoms with Crippen LogP contribution in [0.15, 0.2) is 53.6 Å². The minimum atomic E-state index is -0.0336. The van der Waals surface area contributed by atoms with Gasteiger partial charge in [-0.3, -0.25) is 4.79 Å². The van der Waals surface area contributed by atoms with Crippen molar-refractivity contribution in [1.82, 2.24) is 5.43 Å². The minimum absolute atomic E-state index is 0.00403. The van der Waals surface area contributed by atoms with Crippen LogP contribution in [0.1, 0.15) is 30.4 Å². The zero-order chi connectivity index (χ0) is 17.8. The number of benzene rings is 2. The SMILES string of the molecule is COc1ccc(/C(C)=N\NC(=O)[C@H]2C[C@H]2c2ccccc2)cc1OC. The molecule has 5 heteroatoms. The summed E-state index contributed by atoms with van der Waals surface area (Å²) in [7, 11) is 3.18. The largest absolute Gasteiger partial charge is 0.493 e. The van der Waals surface area contributed by atoms with Crippen LogP contribution >= 0.6 is 0 Å². The molecule has 0 saturated heterocycles. The number of ether oxygens (including phenoxy) is 2. The predicted octanol–water partition coefficient (Wildman–Crippen LogP) is 3.35. The van der Waals surface area contributed by atoms with Crippen LogP contribution < -0.4 is 14.9 Å². The molecule has 130 valence electrons. The van der Waals surface area contributed by atoms with Crippen molar-refractivity contribution in [1.29, 1.82) is 0 Å². The molecule has 0 spiro atoms. The average molecular weight is 338 g/mol. The van der Waals surface area contributed by atoms with Crippen molar-refractivity contribution in [2.75, 3.05) is 14.2 Å². The Morgan fingerprint density at radius 3 is 2.48 bits per heavy atom. The van der Waals surface area contributed by atoms with Crippen molar-refractivity contribution in [3.05, 3.63) is 59.7 Å². The molecule has 25 heavy (non-hydrogen) atoms. The zero-order valence-electron chi connectivity index (χ0n) is 14.7. The van der Waals surface area contributed by atoms with Crippen LogP contribution in [-0.4, -0.2) is 25.8 Å². The Morgan fingerprint density at radius 2 is 1.80 bits per heavy atom. The lowest BCUT2D eigenvalue weighted by atomic mass is 10.1. The van der Waals surface area contributed by atoms with E-state index in [-0.39, 0.29) is 11.8 Å². The van der Waals surface area contributed by atoms with Gasteiger partial charge in [0.15, 0.2) is 11.5 Å². The molecule has 0 bridgehead atoms. The number of nitrogens with one attached hydrogen (secondary N) is 1. The lowest BCUT2D eigenvalue weighted by Crippen LogP contribution is -2.21. The molecule has 0 radical (unpaired) electrons. The Hall–Kier alpha value is -2.82. The number of hydrogen-bond donors (Lipinski definition) is 1. The van der Waals surface area contributed by atoms with Gasteiger partial charge >= 0.3 is 0 Å². The van der Waals surface area contributed by atoms with Crippen molar-refractivity contribution in [2.45, 2.75) is 19.3 Å². The lowest BCUT2D eigenvalue weighted by molar-refractivity contribution is -0.122. The highest BCUT2D eigenvalue weighted by molar-refractivity contribution is 6.00. The Balaban J connectivity index is 1.63. The number of amides is 1. The van der Waals surface area contributed by atoms with E-state index >= 15 is 0 Å². The quantitative estimate of drug-likeness (QED) is 0.649. The summed E-state index contributed by atoms with van der Waals surface area (Å²) in [6, 6.07) is 15.7. The summed E-state index contributed by atoms with van der Waals surface area (Å²) < 4.78 is 10.5. The first-order chi connectivity index (χ1) is 12.1. The van der Waals surface area contributed by atoms with Crippen LogP contribution in [0.3, 0.4) is 0 Å². The molecular formula is C20H22N2O3. The van der Waals surface area contributed by atoms with Crippen molar-refractivity contribution < 1.29 is 14.3 Å². The van der Waals surface area contributed by atoms with Crippen LogP contribution in [0.4, 0.5) is 0 Å². The van der Waals surface area contributed by atoms with Crippen molar-refractivity contribution in [3.8, 4) is 11.5 Å². The van der Waals surface area contributed by atoms with E-state index in [1.54, 1.807) is 14.2 Å². The summed E-state index contributed by atoms with van der Waals surface area (Å²) in [6.07, 6.45) is 0.876. The monoisotopic (exact) mass is 338 g/mol. The van der Waals surface area contributed by atoms with E-state index in [1.807, 2.05) is 43.3 Å². The van der Waals surface area contributed by atoms with E-state index in [9.17, 15) is 4.79 Å². The van der Waals surface area contributed by atoms with Gasteiger partial charge in [0.05, 0.1) is 19.9 Å². The Morgan fingerprint density at radius 1 is 1.08 bits per heavy atom. The van der Waals surface area contributed by atoms with E-state index in [2.05, 4.69) is 22.7 Å². The number of hydrazone groups is 1. The first kappa shape index (κ1) is 17.0. The molecule has 1 saturated carbocycles. The van der Waals surface area contributed by atoms with Gasteiger partial charge in [-0.1, -0.05) is 30.3 Å². The molecule has 0 aromatic heterocycles. The maximum atomic E-state index is 12.3. The van der Waals surface area contributed by atoms with Gasteiger partial charge in [0.1, 0.15) is 0 Å². The smallest absolute Gasteiger partial charge is 0.243 e. The second kappa shape index (κ2) is 7.38. The van der Waals surface area contributed by atoms with Crippen molar-refractivity contribution >= 4 is 11.6 Å². The molecule has 2 aromatic rings. The number of rotatable bonds is 6. The maximum absolute atomic E-state index is 12.3. The number of methoxy groups -OCH3 is 2. The van der Waals surface area contributed by atoms with E-state index in [1.165, 1.54) is 5.56 Å². The van der Waals surface area contributed by atoms with Gasteiger partial charge in [-0.15, -0.1) is 0 Å². The van der Waals surface area contributed by atoms with Crippen LogP contribution in [0.25, 0.3) is 0 Å². The second-order valence-electron chi connectivity index (χ2n) is 6.10. The van der Waals surface area contributed by atoms with Crippen LogP contribution in [0.2, 0.25) is 0 Å². The molecule has 0 unspecified atom stereocenters. The third-order valence-corrected chi connectivity index (χ3v) is 4.49. The van der Waals surface area contributed by atoms with Gasteiger partial charge in [-0.05, 0) is 43.0 Å². The topological polar surface area (TPSA) is 59.9 Å². The number of hydrogen-bond acceptors (Lipinski definition) is 4. The van der Waals surface area contributed by atoms with E-state index in [0.29, 0.717) is 23.1 Å². The average Bonchev–Trinajstić information content (AvgIpc) is 3.47. The fourth-order valence-corrected chi connectivity index (χ4v) is 2.90. The molecular weight excluding hydrogens is 316 g/mol. The van der Waals surface area contributed by atoms with E-state index in [0.717, 1.165) is 12.0 Å². The highest BCUT2D eigenvalue weighted by atomic mass is 16.5. The van der Waals surface area contributed by atoms with Gasteiger partial charge in [0.2, 0.25) is 5.91 Å². The standard InChI is InChI=1S/C20H22N2O3/c1-13(15-9-10-18(24-2)19(11-15)25-3)21-22-20(23)17-12-16(17)14-7-5-4-6-8-14/h4-11,16-17H,12H2,1-3H3,(H,22,23)/b21-13-/t16-,17-/m0/s1. The second-order valence-corrected chi connectivity index (χ2v) is 6.10. The van der Waals surface area contributed by atoms with Gasteiger partial charge < -0.3 is 9.47 Å². The molecule has 5 nitrogen and oxygen atoms in total. The molecule has 2 aromatic carbocycles. The molecule has 0 heterocycles. The summed E-state index contributed by atoms with van der Waals surface area (Å²) in [5.41, 5.74) is 5.48. The normalized spacial score (nSPS) is 19.2. The minimum Gasteiger partial charge on any atom is -0.493 e. The molecule has 3 rings (SSSR count). The van der Waals surface area contributed by atoms with Crippen LogP contribution in [0.5, 0.6) is 11.5 Å². The highest BCUT2D eigenvalue weighted by Crippen LogP contribution is 2.47. The molecule has 1 amide bonds. The van der Waals surface area contributed by atoms with Crippen LogP contribution in [-0.2, 0) is 4.79 Å². The fourth-order valence-electron chi connectivity index (χ4n) is 2.90. The fraction of sp³-hybridized carbons (Fsp3) is 0.300. The van der Waals surface area contributed by atoms with E-state index < -0.39 is 0 Å². The molecule has 1 N–H and O–H groups in total. The summed E-state index contributed by atoms with van der Waals surface area (Å²) in [6.45, 7) is 1.85. The van der Waals surface area contributed by atoms with Gasteiger partial charge in [-0.25, -0.2) is 5.43 Å². The summed E-state index contributed by atoms with van der Waals surface area (Å²) in [5, 5.41) is 4.24. The zero-order valence-corrected chi connectivity index (χ0v) is 14.7. The Kier molecular flexibility index (Phi) is 5.03. The molecule has 1 aliphatic carbocycles. The van der Waals surface area contributed by atoms with Crippen LogP contribution in [0, 0.1) is 5.92 Å². The molecule has 2 atom stereocenters. The maximum Gasteiger partial charge on any atom is 0.243 e. The number of carbonyl (C=O) groups excluding carboxylic acids is 1. The highest BCUT2D eigenvalue weighted by Gasteiger charge is 2.43. The summed E-state index contributed by atoms with van der Waals surface area (Å²) >= 11 is 0. The van der Waals surface area contributed by atoms with Gasteiger partial charge in [0, 0.05) is 11.5 Å². The third kappa shape index (κ3) is 3.82.